The first-order chi connectivity index (χ1) is 24.4. The molecule has 0 amide bonds. The third-order valence-corrected chi connectivity index (χ3v) is 19.4. The molecule has 4 aromatic rings. The van der Waals surface area contributed by atoms with Crippen molar-refractivity contribution >= 4 is 12.2 Å². The average Bonchev–Trinajstić information content (AvgIpc) is 3.86. The van der Waals surface area contributed by atoms with Gasteiger partial charge in [0, 0.05) is 0 Å². The fraction of sp³-hybridized carbons (Fsp3) is 0.429. The van der Waals surface area contributed by atoms with E-state index in [9.17, 15) is 0 Å². The molecule has 0 heterocycles. The molecule has 5 saturated carbocycles. The molecule has 3 heteroatoms. The molecule has 4 aromatic carbocycles. The Kier molecular flexibility index (Phi) is 10.2. The van der Waals surface area contributed by atoms with E-state index in [0.29, 0.717) is 18.6 Å². The second-order valence-corrected chi connectivity index (χ2v) is 21.4. The Bertz CT molecular complexity index is 1970. The normalized spacial score (nSPS) is 28.1. The summed E-state index contributed by atoms with van der Waals surface area (Å²) in [7, 11) is 0. The summed E-state index contributed by atoms with van der Waals surface area (Å²) in [6.45, 7) is 7.04. The van der Waals surface area contributed by atoms with Gasteiger partial charge in [0.15, 0.2) is 0 Å². The zero-order chi connectivity index (χ0) is 33.6. The van der Waals surface area contributed by atoms with Crippen LogP contribution in [0.4, 0.5) is 0 Å². The van der Waals surface area contributed by atoms with Crippen molar-refractivity contribution in [1.29, 1.82) is 0 Å². The molecular formula is C49H52Cl2Zr. The Balaban J connectivity index is 0.00000193. The molecular weight excluding hydrogens is 751 g/mol. The van der Waals surface area contributed by atoms with E-state index < -0.39 is 23.2 Å². The molecule has 0 N–H and O–H groups in total. The van der Waals surface area contributed by atoms with Gasteiger partial charge in [-0.1, -0.05) is 0 Å². The van der Waals surface area contributed by atoms with Crippen molar-refractivity contribution in [1.82, 2.24) is 0 Å². The first kappa shape index (κ1) is 36.8. The summed E-state index contributed by atoms with van der Waals surface area (Å²) < 4.78 is 1.30. The predicted octanol–water partition coefficient (Wildman–Crippen LogP) is 7.49. The largest absolute Gasteiger partial charge is 1.00 e. The second kappa shape index (κ2) is 14.5. The van der Waals surface area contributed by atoms with Crippen molar-refractivity contribution in [2.24, 2.45) is 23.7 Å². The van der Waals surface area contributed by atoms with Crippen molar-refractivity contribution < 1.29 is 48.0 Å². The van der Waals surface area contributed by atoms with Gasteiger partial charge in [-0.15, -0.1) is 0 Å². The minimum atomic E-state index is -0.946. The molecule has 0 aliphatic heterocycles. The molecule has 7 aliphatic rings. The number of rotatable bonds is 7. The SMILES string of the molecule is CC1=Cc2c(-c3ccc(C45CC6CC(CC(C6)C4)C5)cc3)cccc2[CH]1[Zr+2][CH]1C(C2CCCC2)=Cc2c(-c3ccc(C(C)C)cc3)cccc21.[Cl-].[Cl-]. The Morgan fingerprint density at radius 1 is 0.615 bits per heavy atom. The number of benzene rings is 4. The van der Waals surface area contributed by atoms with E-state index in [0.717, 1.165) is 23.7 Å². The van der Waals surface area contributed by atoms with Gasteiger partial charge in [-0.05, 0) is 0 Å². The third-order valence-electron chi connectivity index (χ3n) is 14.3. The zero-order valence-corrected chi connectivity index (χ0v) is 35.1. The van der Waals surface area contributed by atoms with Crippen LogP contribution < -0.4 is 24.8 Å². The van der Waals surface area contributed by atoms with Gasteiger partial charge in [-0.25, -0.2) is 0 Å². The number of hydrogen-bond acceptors (Lipinski definition) is 0. The van der Waals surface area contributed by atoms with Crippen LogP contribution in [0.2, 0.25) is 0 Å². The molecule has 2 unspecified atom stereocenters. The molecule has 0 aromatic heterocycles. The molecule has 266 valence electrons. The van der Waals surface area contributed by atoms with Crippen molar-refractivity contribution in [3.8, 4) is 22.3 Å². The van der Waals surface area contributed by atoms with Crippen LogP contribution in [0.1, 0.15) is 132 Å². The van der Waals surface area contributed by atoms with E-state index in [1.807, 2.05) is 0 Å². The van der Waals surface area contributed by atoms with Gasteiger partial charge in [-0.3, -0.25) is 0 Å². The average molecular weight is 803 g/mol. The van der Waals surface area contributed by atoms with Crippen LogP contribution in [0.15, 0.2) is 96.1 Å². The van der Waals surface area contributed by atoms with Crippen molar-refractivity contribution in [2.45, 2.75) is 104 Å². The summed E-state index contributed by atoms with van der Waals surface area (Å²) in [5.41, 5.74) is 18.9. The Morgan fingerprint density at radius 2 is 1.13 bits per heavy atom. The van der Waals surface area contributed by atoms with Crippen molar-refractivity contribution in [3.05, 3.63) is 129 Å². The minimum absolute atomic E-state index is 0. The van der Waals surface area contributed by atoms with E-state index in [2.05, 4.69) is 118 Å². The van der Waals surface area contributed by atoms with E-state index in [1.165, 1.54) is 103 Å². The molecule has 0 nitrogen and oxygen atoms in total. The maximum Gasteiger partial charge on any atom is -1.00 e. The third kappa shape index (κ3) is 6.22. The van der Waals surface area contributed by atoms with E-state index in [4.69, 9.17) is 0 Å². The van der Waals surface area contributed by atoms with Crippen LogP contribution in [-0.4, -0.2) is 0 Å². The Labute approximate surface area is 336 Å². The maximum atomic E-state index is 2.69. The van der Waals surface area contributed by atoms with Crippen LogP contribution in [0, 0.1) is 23.7 Å². The molecule has 0 radical (unpaired) electrons. The number of allylic oxidation sites excluding steroid dienone is 2. The fourth-order valence-electron chi connectivity index (χ4n) is 12.2. The summed E-state index contributed by atoms with van der Waals surface area (Å²) in [6.07, 6.45) is 19.7. The quantitative estimate of drug-likeness (QED) is 0.182. The van der Waals surface area contributed by atoms with E-state index in [1.54, 1.807) is 27.8 Å². The summed E-state index contributed by atoms with van der Waals surface area (Å²) in [5.74, 6) is 4.31. The first-order valence-corrected chi connectivity index (χ1v) is 22.9. The summed E-state index contributed by atoms with van der Waals surface area (Å²) in [6, 6.07) is 34.0. The van der Waals surface area contributed by atoms with Gasteiger partial charge in [0.05, 0.1) is 0 Å². The molecule has 52 heavy (non-hydrogen) atoms. The summed E-state index contributed by atoms with van der Waals surface area (Å²) >= 11 is -0.946. The standard InChI is InChI=1S/C26H27.C23H25.2ClH.Zr/c1-17-9-22-3-2-4-24(25(22)10-17)21-5-7-23(8-6-21)26-14-18-11-19(15-26)13-20(12-18)16-26;1-16(2)17-10-12-19(13-11-17)22-9-5-8-20-14-21(15-23(20)22)18-6-3-4-7-18;;;/h2-10,18-20H,11-16H2,1H3;5,8-16,18H,3-4,6-7H2,1-2H3;2*1H;/q;;;;+2/p-2. The van der Waals surface area contributed by atoms with Gasteiger partial charge in [0.25, 0.3) is 0 Å². The topological polar surface area (TPSA) is 0 Å². The minimum Gasteiger partial charge on any atom is -1.00 e. The van der Waals surface area contributed by atoms with Crippen molar-refractivity contribution in [2.75, 3.05) is 0 Å². The van der Waals surface area contributed by atoms with Crippen LogP contribution >= 0.6 is 0 Å². The molecule has 7 aliphatic carbocycles. The summed E-state index contributed by atoms with van der Waals surface area (Å²) in [5, 5.41) is 0. The number of halogens is 2. The molecule has 11 rings (SSSR count). The Hall–Kier alpha value is -2.18. The van der Waals surface area contributed by atoms with E-state index >= 15 is 0 Å². The molecule has 4 bridgehead atoms. The fourth-order valence-corrected chi connectivity index (χ4v) is 17.2. The van der Waals surface area contributed by atoms with Gasteiger partial charge < -0.3 is 24.8 Å². The molecule has 0 spiro atoms. The van der Waals surface area contributed by atoms with Crippen LogP contribution in [-0.2, 0) is 28.6 Å². The van der Waals surface area contributed by atoms with Gasteiger partial charge in [0.1, 0.15) is 0 Å². The number of hydrogen-bond donors (Lipinski definition) is 0. The van der Waals surface area contributed by atoms with Crippen LogP contribution in [0.5, 0.6) is 0 Å². The molecule has 0 saturated heterocycles. The zero-order valence-electron chi connectivity index (χ0n) is 31.1. The summed E-state index contributed by atoms with van der Waals surface area (Å²) in [4.78, 5) is 0. The van der Waals surface area contributed by atoms with Gasteiger partial charge >= 0.3 is 314 Å². The maximum absolute atomic E-state index is 2.69. The first-order valence-electron chi connectivity index (χ1n) is 20.1. The smallest absolute Gasteiger partial charge is 1.00 e. The molecule has 2 atom stereocenters. The van der Waals surface area contributed by atoms with Crippen LogP contribution in [0.25, 0.3) is 34.4 Å². The second-order valence-electron chi connectivity index (χ2n) is 17.7. The number of fused-ring (bicyclic) bond motifs is 2. The van der Waals surface area contributed by atoms with E-state index in [-0.39, 0.29) is 24.8 Å². The van der Waals surface area contributed by atoms with Crippen molar-refractivity contribution in [3.63, 3.8) is 0 Å². The van der Waals surface area contributed by atoms with Gasteiger partial charge in [0.2, 0.25) is 0 Å². The van der Waals surface area contributed by atoms with Gasteiger partial charge in [-0.2, -0.15) is 0 Å². The molecule has 5 fully saturated rings. The van der Waals surface area contributed by atoms with Crippen LogP contribution in [0.3, 0.4) is 0 Å². The Morgan fingerprint density at radius 3 is 1.69 bits per heavy atom. The predicted molar refractivity (Wildman–Crippen MR) is 207 cm³/mol. The monoisotopic (exact) mass is 800 g/mol.